The quantitative estimate of drug-likeness (QED) is 0.291. The number of esters is 1. The first-order chi connectivity index (χ1) is 15.3. The van der Waals surface area contributed by atoms with Gasteiger partial charge in [0.15, 0.2) is 23.5 Å². The lowest BCUT2D eigenvalue weighted by atomic mass is 10.2. The van der Waals surface area contributed by atoms with E-state index in [-0.39, 0.29) is 19.0 Å². The van der Waals surface area contributed by atoms with E-state index in [0.29, 0.717) is 43.0 Å². The number of imidazole rings is 1. The molecule has 14 nitrogen and oxygen atoms in total. The van der Waals surface area contributed by atoms with Gasteiger partial charge in [0.05, 0.1) is 32.3 Å². The fourth-order valence-corrected chi connectivity index (χ4v) is 4.23. The number of rotatable bonds is 8. The van der Waals surface area contributed by atoms with Crippen molar-refractivity contribution in [2.75, 3.05) is 32.1 Å². The second-order valence-corrected chi connectivity index (χ2v) is 8.96. The van der Waals surface area contributed by atoms with Gasteiger partial charge in [-0.1, -0.05) is 0 Å². The van der Waals surface area contributed by atoms with Crippen LogP contribution in [0, 0.1) is 0 Å². The Kier molecular flexibility index (Phi) is 6.72. The summed E-state index contributed by atoms with van der Waals surface area (Å²) in [6.07, 6.45) is 1.23. The molecule has 32 heavy (non-hydrogen) atoms. The third-order valence-corrected chi connectivity index (χ3v) is 6.02. The van der Waals surface area contributed by atoms with Crippen molar-refractivity contribution in [2.45, 2.75) is 44.2 Å². The lowest BCUT2D eigenvalue weighted by molar-refractivity contribution is -0.154. The fraction of sp³-hybridized carbons (Fsp3) is 0.647. The number of ether oxygens (including phenoxy) is 4. The Morgan fingerprint density at radius 2 is 2.25 bits per heavy atom. The van der Waals surface area contributed by atoms with Crippen LogP contribution in [0.5, 0.6) is 0 Å². The molecule has 176 valence electrons. The molecule has 0 radical (unpaired) electrons. The highest BCUT2D eigenvalue weighted by Crippen LogP contribution is 2.43. The van der Waals surface area contributed by atoms with E-state index in [1.165, 1.54) is 6.92 Å². The highest BCUT2D eigenvalue weighted by atomic mass is 31.2. The molecule has 5 N–H and O–H groups in total. The molecule has 0 aromatic carbocycles. The summed E-state index contributed by atoms with van der Waals surface area (Å²) in [5, 5.41) is 3.13. The third-order valence-electron chi connectivity index (χ3n) is 5.05. The number of fused-ring (bicyclic) bond motifs is 1. The molecule has 4 atom stereocenters. The summed E-state index contributed by atoms with van der Waals surface area (Å²) >= 11 is 0. The number of nitrogens with one attached hydrogen (secondary N) is 1. The van der Waals surface area contributed by atoms with E-state index in [1.807, 2.05) is 0 Å². The number of nitrogens with two attached hydrogens (primary N) is 1. The van der Waals surface area contributed by atoms with E-state index in [1.54, 1.807) is 10.9 Å². The summed E-state index contributed by atoms with van der Waals surface area (Å²) in [5.41, 5.74) is 6.96. The van der Waals surface area contributed by atoms with Gasteiger partial charge in [0.25, 0.3) is 5.85 Å². The predicted molar refractivity (Wildman–Crippen MR) is 108 cm³/mol. The molecule has 15 heteroatoms. The summed E-state index contributed by atoms with van der Waals surface area (Å²) < 4.78 is 34.7. The Bertz CT molecular complexity index is 1020. The number of nitrogen functional groups attached to an aromatic ring is 1. The third kappa shape index (κ3) is 4.76. The van der Waals surface area contributed by atoms with Crippen LogP contribution >= 0.6 is 7.60 Å². The van der Waals surface area contributed by atoms with Crippen LogP contribution in [0.15, 0.2) is 6.33 Å². The first-order valence-electron chi connectivity index (χ1n) is 10.1. The van der Waals surface area contributed by atoms with Crippen LogP contribution in [-0.2, 0) is 28.3 Å². The van der Waals surface area contributed by atoms with Crippen molar-refractivity contribution >= 4 is 30.5 Å². The second-order valence-electron chi connectivity index (χ2n) is 7.31. The minimum absolute atomic E-state index is 0.0250. The molecule has 2 fully saturated rings. The predicted octanol–water partition coefficient (Wildman–Crippen LogP) is -0.212. The van der Waals surface area contributed by atoms with Gasteiger partial charge >= 0.3 is 13.6 Å². The smallest absolute Gasteiger partial charge is 0.365 e. The summed E-state index contributed by atoms with van der Waals surface area (Å²) in [5.74, 6) is -2.49. The normalized spacial score (nSPS) is 24.8. The van der Waals surface area contributed by atoms with Crippen molar-refractivity contribution in [1.29, 1.82) is 0 Å². The molecule has 2 aliphatic rings. The second kappa shape index (κ2) is 9.35. The zero-order chi connectivity index (χ0) is 22.9. The molecule has 4 unspecified atom stereocenters. The van der Waals surface area contributed by atoms with Crippen LogP contribution in [0.3, 0.4) is 0 Å². The van der Waals surface area contributed by atoms with Crippen molar-refractivity contribution in [3.05, 3.63) is 12.2 Å². The van der Waals surface area contributed by atoms with Gasteiger partial charge in [-0.2, -0.15) is 0 Å². The summed E-state index contributed by atoms with van der Waals surface area (Å²) in [4.78, 5) is 43.7. The van der Waals surface area contributed by atoms with Crippen LogP contribution in [-0.4, -0.2) is 73.6 Å². The zero-order valence-electron chi connectivity index (χ0n) is 17.3. The monoisotopic (exact) mass is 472 g/mol. The van der Waals surface area contributed by atoms with Crippen molar-refractivity contribution < 1.29 is 38.1 Å². The molecule has 0 saturated carbocycles. The molecule has 0 spiro atoms. The lowest BCUT2D eigenvalue weighted by Gasteiger charge is -2.20. The highest BCUT2D eigenvalue weighted by molar-refractivity contribution is 7.53. The van der Waals surface area contributed by atoms with E-state index in [0.717, 1.165) is 0 Å². The van der Waals surface area contributed by atoms with E-state index in [2.05, 4.69) is 25.0 Å². The molecule has 2 aliphatic heterocycles. The van der Waals surface area contributed by atoms with Crippen LogP contribution in [0.1, 0.15) is 38.0 Å². The number of hydrogen-bond acceptors (Lipinski definition) is 11. The van der Waals surface area contributed by atoms with Crippen LogP contribution in [0.2, 0.25) is 0 Å². The summed E-state index contributed by atoms with van der Waals surface area (Å²) in [6.45, 7) is 2.54. The maximum atomic E-state index is 11.8. The Morgan fingerprint density at radius 1 is 1.44 bits per heavy atom. The van der Waals surface area contributed by atoms with Crippen molar-refractivity contribution in [3.8, 4) is 0 Å². The Hall–Kier alpha value is -2.19. The molecule has 4 rings (SSSR count). The van der Waals surface area contributed by atoms with Gasteiger partial charge in [-0.25, -0.2) is 19.7 Å². The summed E-state index contributed by atoms with van der Waals surface area (Å²) in [6, 6.07) is 0. The lowest BCUT2D eigenvalue weighted by Crippen LogP contribution is -2.30. The molecule has 0 amide bonds. The van der Waals surface area contributed by atoms with Gasteiger partial charge in [-0.15, -0.1) is 0 Å². The van der Waals surface area contributed by atoms with Crippen molar-refractivity contribution in [2.24, 2.45) is 0 Å². The minimum Gasteiger partial charge on any atom is -0.464 e. The van der Waals surface area contributed by atoms with Gasteiger partial charge < -0.3 is 34.5 Å². The molecule has 0 bridgehead atoms. The zero-order valence-corrected chi connectivity index (χ0v) is 18.2. The van der Waals surface area contributed by atoms with Crippen molar-refractivity contribution in [1.82, 2.24) is 24.8 Å². The molecular formula is C17H25N6O8P. The maximum Gasteiger partial charge on any atom is 0.365 e. The Balaban J connectivity index is 1.46. The van der Waals surface area contributed by atoms with E-state index >= 15 is 0 Å². The maximum absolute atomic E-state index is 11.8. The fourth-order valence-electron chi connectivity index (χ4n) is 3.60. The van der Waals surface area contributed by atoms with E-state index in [9.17, 15) is 19.1 Å². The van der Waals surface area contributed by atoms with E-state index < -0.39 is 38.0 Å². The highest BCUT2D eigenvalue weighted by Gasteiger charge is 2.40. The van der Waals surface area contributed by atoms with E-state index in [4.69, 9.17) is 19.9 Å². The molecular weight excluding hydrogens is 447 g/mol. The number of anilines is 1. The summed E-state index contributed by atoms with van der Waals surface area (Å²) in [7, 11) is -4.85. The van der Waals surface area contributed by atoms with Gasteiger partial charge in [0.2, 0.25) is 0 Å². The van der Waals surface area contributed by atoms with Crippen LogP contribution < -0.4 is 11.1 Å². The molecule has 2 aromatic rings. The van der Waals surface area contributed by atoms with Gasteiger partial charge in [-0.3, -0.25) is 14.4 Å². The molecule has 4 heterocycles. The standard InChI is InChI=1S/C17H25N6O8P/c1-2-28-16(24)17(32(25,26)27)30-7-9-3-4-10(31-9)23-8-20-11-12(18)21-13(22-14(11)23)15-19-5-6-29-15/h8-10,15,17,19H,2-7H2,1H3,(H2,18,21,22)(H2,25,26,27). The van der Waals surface area contributed by atoms with Crippen LogP contribution in [0.25, 0.3) is 11.2 Å². The number of carbonyl (C=O) groups excluding carboxylic acids is 1. The first kappa shape index (κ1) is 23.0. The minimum atomic E-state index is -4.85. The number of hydrogen-bond donors (Lipinski definition) is 4. The number of carbonyl (C=O) groups is 1. The molecule has 2 saturated heterocycles. The Morgan fingerprint density at radius 3 is 2.94 bits per heavy atom. The largest absolute Gasteiger partial charge is 0.464 e. The average molecular weight is 472 g/mol. The average Bonchev–Trinajstić information content (AvgIpc) is 3.47. The van der Waals surface area contributed by atoms with Gasteiger partial charge in [-0.05, 0) is 19.8 Å². The van der Waals surface area contributed by atoms with Crippen LogP contribution in [0.4, 0.5) is 5.82 Å². The SMILES string of the molecule is CCOC(=O)C(OCC1CCC(n2cnc3c(N)nc(C4NCCO4)nc32)O1)P(=O)(O)O. The van der Waals surface area contributed by atoms with Crippen molar-refractivity contribution in [3.63, 3.8) is 0 Å². The molecule has 0 aliphatic carbocycles. The Labute approximate surface area is 182 Å². The number of aromatic nitrogens is 4. The van der Waals surface area contributed by atoms with Gasteiger partial charge in [0.1, 0.15) is 11.7 Å². The number of nitrogens with zero attached hydrogens (tertiary/aromatic N) is 4. The topological polar surface area (TPSA) is 193 Å². The molecule has 2 aromatic heterocycles. The van der Waals surface area contributed by atoms with Gasteiger partial charge in [0, 0.05) is 6.54 Å². The first-order valence-corrected chi connectivity index (χ1v) is 11.8.